The number of carboxylic acids is 1. The highest BCUT2D eigenvalue weighted by Crippen LogP contribution is 2.21. The number of carbonyl (C=O) groups excluding carboxylic acids is 2. The molecule has 1 aromatic carbocycles. The van der Waals surface area contributed by atoms with Crippen molar-refractivity contribution in [3.8, 4) is 0 Å². The number of hydrogen-bond donors (Lipinski definition) is 3. The molecule has 9 heteroatoms. The standard InChI is InChI=1S/C18H21N3O5S/c1-11-5-3-4-6-13(11)14(8-18(24)25)19-16(22)9-27-10-17(23)20-15-7-12(2)26-21-15/h3-7,14H,8-10H2,1-2H3,(H,19,22)(H,24,25)(H,20,21,23). The number of nitrogens with one attached hydrogen (secondary N) is 2. The van der Waals surface area contributed by atoms with Crippen LogP contribution in [0, 0.1) is 13.8 Å². The average Bonchev–Trinajstić information content (AvgIpc) is 2.99. The molecular formula is C18H21N3O5S. The maximum atomic E-state index is 12.2. The fourth-order valence-electron chi connectivity index (χ4n) is 2.47. The van der Waals surface area contributed by atoms with Crippen molar-refractivity contribution in [1.29, 1.82) is 0 Å². The molecule has 0 saturated heterocycles. The zero-order valence-corrected chi connectivity index (χ0v) is 15.8. The van der Waals surface area contributed by atoms with Crippen LogP contribution >= 0.6 is 11.8 Å². The molecule has 1 unspecified atom stereocenters. The third-order valence-electron chi connectivity index (χ3n) is 3.64. The summed E-state index contributed by atoms with van der Waals surface area (Å²) in [7, 11) is 0. The third-order valence-corrected chi connectivity index (χ3v) is 4.57. The lowest BCUT2D eigenvalue weighted by Gasteiger charge is -2.19. The topological polar surface area (TPSA) is 122 Å². The Hall–Kier alpha value is -2.81. The molecule has 144 valence electrons. The van der Waals surface area contributed by atoms with E-state index in [1.165, 1.54) is 0 Å². The lowest BCUT2D eigenvalue weighted by Crippen LogP contribution is -2.32. The van der Waals surface area contributed by atoms with Crippen molar-refractivity contribution < 1.29 is 24.0 Å². The Morgan fingerprint density at radius 3 is 2.52 bits per heavy atom. The van der Waals surface area contributed by atoms with Gasteiger partial charge in [0.1, 0.15) is 5.76 Å². The summed E-state index contributed by atoms with van der Waals surface area (Å²) in [6.07, 6.45) is -0.215. The Morgan fingerprint density at radius 2 is 1.89 bits per heavy atom. The van der Waals surface area contributed by atoms with Crippen LogP contribution in [0.1, 0.15) is 29.3 Å². The zero-order chi connectivity index (χ0) is 19.8. The minimum Gasteiger partial charge on any atom is -0.481 e. The Kier molecular flexibility index (Phi) is 7.42. The molecule has 0 radical (unpaired) electrons. The number of thioether (sulfide) groups is 1. The number of amides is 2. The predicted octanol–water partition coefficient (Wildman–Crippen LogP) is 2.30. The summed E-state index contributed by atoms with van der Waals surface area (Å²) in [6, 6.07) is 8.28. The van der Waals surface area contributed by atoms with Crippen molar-refractivity contribution in [1.82, 2.24) is 10.5 Å². The van der Waals surface area contributed by atoms with E-state index in [9.17, 15) is 14.4 Å². The Bertz CT molecular complexity index is 821. The van der Waals surface area contributed by atoms with Gasteiger partial charge in [-0.15, -0.1) is 11.8 Å². The van der Waals surface area contributed by atoms with Crippen LogP contribution in [0.5, 0.6) is 0 Å². The number of nitrogens with zero attached hydrogens (tertiary/aromatic N) is 1. The first-order valence-corrected chi connectivity index (χ1v) is 9.38. The third kappa shape index (κ3) is 6.78. The summed E-state index contributed by atoms with van der Waals surface area (Å²) in [4.78, 5) is 35.1. The first-order valence-electron chi connectivity index (χ1n) is 8.22. The van der Waals surface area contributed by atoms with Crippen LogP contribution in [-0.4, -0.2) is 39.6 Å². The molecule has 0 spiro atoms. The minimum atomic E-state index is -1.00. The monoisotopic (exact) mass is 391 g/mol. The molecule has 1 atom stereocenters. The second-order valence-electron chi connectivity index (χ2n) is 5.94. The van der Waals surface area contributed by atoms with Crippen molar-refractivity contribution in [2.24, 2.45) is 0 Å². The van der Waals surface area contributed by atoms with E-state index in [4.69, 9.17) is 9.63 Å². The first kappa shape index (κ1) is 20.5. The van der Waals surface area contributed by atoms with Crippen LogP contribution in [0.15, 0.2) is 34.9 Å². The molecule has 27 heavy (non-hydrogen) atoms. The molecule has 0 bridgehead atoms. The fraction of sp³-hybridized carbons (Fsp3) is 0.333. The van der Waals surface area contributed by atoms with Gasteiger partial charge in [0.05, 0.1) is 24.0 Å². The van der Waals surface area contributed by atoms with Gasteiger partial charge >= 0.3 is 5.97 Å². The number of hydrogen-bond acceptors (Lipinski definition) is 6. The van der Waals surface area contributed by atoms with Crippen molar-refractivity contribution >= 4 is 35.4 Å². The molecule has 0 fully saturated rings. The van der Waals surface area contributed by atoms with Crippen molar-refractivity contribution in [3.05, 3.63) is 47.2 Å². The van der Waals surface area contributed by atoms with Gasteiger partial charge in [-0.1, -0.05) is 29.4 Å². The average molecular weight is 391 g/mol. The van der Waals surface area contributed by atoms with Crippen LogP contribution in [0.2, 0.25) is 0 Å². The van der Waals surface area contributed by atoms with Gasteiger partial charge in [0.25, 0.3) is 0 Å². The van der Waals surface area contributed by atoms with Crippen LogP contribution in [0.4, 0.5) is 5.82 Å². The molecule has 0 aliphatic heterocycles. The molecule has 2 rings (SSSR count). The maximum Gasteiger partial charge on any atom is 0.305 e. The van der Waals surface area contributed by atoms with Gasteiger partial charge in [-0.3, -0.25) is 14.4 Å². The van der Waals surface area contributed by atoms with Crippen molar-refractivity contribution in [2.45, 2.75) is 26.3 Å². The summed E-state index contributed by atoms with van der Waals surface area (Å²) < 4.78 is 4.85. The molecule has 1 heterocycles. The van der Waals surface area contributed by atoms with E-state index in [0.29, 0.717) is 11.6 Å². The van der Waals surface area contributed by atoms with E-state index in [2.05, 4.69) is 15.8 Å². The van der Waals surface area contributed by atoms with Crippen molar-refractivity contribution in [2.75, 3.05) is 16.8 Å². The number of benzene rings is 1. The van der Waals surface area contributed by atoms with Gasteiger partial charge in [-0.25, -0.2) is 0 Å². The van der Waals surface area contributed by atoms with E-state index >= 15 is 0 Å². The van der Waals surface area contributed by atoms with E-state index < -0.39 is 12.0 Å². The summed E-state index contributed by atoms with van der Waals surface area (Å²) in [5, 5.41) is 18.1. The molecular weight excluding hydrogens is 370 g/mol. The Labute approximate surface area is 160 Å². The maximum absolute atomic E-state index is 12.2. The van der Waals surface area contributed by atoms with Crippen LogP contribution in [0.3, 0.4) is 0 Å². The number of carboxylic acid groups (broad SMARTS) is 1. The summed E-state index contributed by atoms with van der Waals surface area (Å²) in [6.45, 7) is 3.57. The molecule has 2 amide bonds. The lowest BCUT2D eigenvalue weighted by atomic mass is 9.99. The molecule has 8 nitrogen and oxygen atoms in total. The summed E-state index contributed by atoms with van der Waals surface area (Å²) in [5.74, 6) is -0.637. The van der Waals surface area contributed by atoms with E-state index in [0.717, 1.165) is 22.9 Å². The van der Waals surface area contributed by atoms with Crippen LogP contribution in [0.25, 0.3) is 0 Å². The number of rotatable bonds is 9. The smallest absolute Gasteiger partial charge is 0.305 e. The number of aliphatic carboxylic acids is 1. The fourth-order valence-corrected chi connectivity index (χ4v) is 3.10. The highest BCUT2D eigenvalue weighted by atomic mass is 32.2. The minimum absolute atomic E-state index is 0.0350. The van der Waals surface area contributed by atoms with Crippen LogP contribution in [-0.2, 0) is 14.4 Å². The van der Waals surface area contributed by atoms with Gasteiger partial charge in [0, 0.05) is 6.07 Å². The van der Waals surface area contributed by atoms with Gasteiger partial charge in [0.15, 0.2) is 5.82 Å². The highest BCUT2D eigenvalue weighted by molar-refractivity contribution is 8.00. The quantitative estimate of drug-likeness (QED) is 0.599. The molecule has 1 aromatic heterocycles. The summed E-state index contributed by atoms with van der Waals surface area (Å²) >= 11 is 1.13. The van der Waals surface area contributed by atoms with E-state index in [1.54, 1.807) is 25.1 Å². The number of carbonyl (C=O) groups is 3. The Balaban J connectivity index is 1.83. The van der Waals surface area contributed by atoms with Gasteiger partial charge in [0.2, 0.25) is 11.8 Å². The molecule has 2 aromatic rings. The van der Waals surface area contributed by atoms with Gasteiger partial charge in [-0.2, -0.15) is 0 Å². The molecule has 0 aliphatic rings. The zero-order valence-electron chi connectivity index (χ0n) is 15.0. The second-order valence-corrected chi connectivity index (χ2v) is 6.92. The molecule has 0 aliphatic carbocycles. The molecule has 0 saturated carbocycles. The summed E-state index contributed by atoms with van der Waals surface area (Å²) in [5.41, 5.74) is 1.66. The van der Waals surface area contributed by atoms with E-state index in [1.807, 2.05) is 19.1 Å². The highest BCUT2D eigenvalue weighted by Gasteiger charge is 2.19. The SMILES string of the molecule is Cc1cc(NC(=O)CSCC(=O)NC(CC(=O)O)c2ccccc2C)no1. The van der Waals surface area contributed by atoms with Gasteiger partial charge in [-0.05, 0) is 25.0 Å². The predicted molar refractivity (Wildman–Crippen MR) is 102 cm³/mol. The Morgan fingerprint density at radius 1 is 1.19 bits per heavy atom. The van der Waals surface area contributed by atoms with Crippen LogP contribution < -0.4 is 10.6 Å². The van der Waals surface area contributed by atoms with Crippen molar-refractivity contribution in [3.63, 3.8) is 0 Å². The van der Waals surface area contributed by atoms with E-state index in [-0.39, 0.29) is 29.7 Å². The van der Waals surface area contributed by atoms with Gasteiger partial charge < -0.3 is 20.3 Å². The normalized spacial score (nSPS) is 11.6. The number of aryl methyl sites for hydroxylation is 2. The number of anilines is 1. The number of aromatic nitrogens is 1. The first-order chi connectivity index (χ1) is 12.8. The lowest BCUT2D eigenvalue weighted by molar-refractivity contribution is -0.137. The second kappa shape index (κ2) is 9.77. The molecule has 3 N–H and O–H groups in total. The largest absolute Gasteiger partial charge is 0.481 e.